The molecule has 0 atom stereocenters. The van der Waals surface area contributed by atoms with Crippen molar-refractivity contribution in [3.63, 3.8) is 0 Å². The fraction of sp³-hybridized carbons (Fsp3) is 0.188. The summed E-state index contributed by atoms with van der Waals surface area (Å²) in [5, 5.41) is 6.42. The van der Waals surface area contributed by atoms with Gasteiger partial charge in [-0.2, -0.15) is 0 Å². The summed E-state index contributed by atoms with van der Waals surface area (Å²) in [6.07, 6.45) is 0. The predicted molar refractivity (Wildman–Crippen MR) is 86.2 cm³/mol. The average molecular weight is 305 g/mol. The van der Waals surface area contributed by atoms with Crippen LogP contribution in [0, 0.1) is 0 Å². The lowest BCUT2D eigenvalue weighted by Gasteiger charge is -2.09. The molecule has 110 valence electrons. The molecule has 0 aromatic heterocycles. The lowest BCUT2D eigenvalue weighted by Crippen LogP contribution is -2.21. The number of anilines is 2. The first-order chi connectivity index (χ1) is 10.2. The van der Waals surface area contributed by atoms with Crippen molar-refractivity contribution in [2.24, 2.45) is 0 Å². The highest BCUT2D eigenvalue weighted by Crippen LogP contribution is 2.17. The molecule has 0 fully saturated rings. The summed E-state index contributed by atoms with van der Waals surface area (Å²) in [6, 6.07) is 14.5. The molecule has 0 bridgehead atoms. The van der Waals surface area contributed by atoms with E-state index in [4.69, 9.17) is 16.3 Å². The minimum atomic E-state index is -0.140. The third-order valence-electron chi connectivity index (χ3n) is 2.71. The monoisotopic (exact) mass is 304 g/mol. The van der Waals surface area contributed by atoms with E-state index >= 15 is 0 Å². The van der Waals surface area contributed by atoms with Gasteiger partial charge in [0.15, 0.2) is 0 Å². The van der Waals surface area contributed by atoms with Crippen molar-refractivity contribution in [3.05, 3.63) is 53.6 Å². The molecule has 1 amide bonds. The van der Waals surface area contributed by atoms with Crippen LogP contribution in [0.1, 0.15) is 6.92 Å². The molecular weight excluding hydrogens is 288 g/mol. The molecule has 2 N–H and O–H groups in total. The molecule has 0 aliphatic rings. The minimum absolute atomic E-state index is 0.140. The van der Waals surface area contributed by atoms with E-state index in [1.807, 2.05) is 31.2 Å². The zero-order valence-electron chi connectivity index (χ0n) is 11.7. The molecule has 0 unspecified atom stereocenters. The summed E-state index contributed by atoms with van der Waals surface area (Å²) < 4.78 is 5.41. The van der Waals surface area contributed by atoms with Crippen molar-refractivity contribution in [1.29, 1.82) is 0 Å². The SMILES string of the molecule is CCOc1cccc(NCC(=O)Nc2cccc(Cl)c2)c1. The second-order valence-electron chi connectivity index (χ2n) is 4.37. The Hall–Kier alpha value is -2.20. The Morgan fingerprint density at radius 3 is 2.67 bits per heavy atom. The van der Waals surface area contributed by atoms with Gasteiger partial charge in [0.2, 0.25) is 5.91 Å². The van der Waals surface area contributed by atoms with Gasteiger partial charge in [-0.05, 0) is 37.3 Å². The van der Waals surface area contributed by atoms with Gasteiger partial charge in [-0.3, -0.25) is 4.79 Å². The van der Waals surface area contributed by atoms with Crippen LogP contribution in [-0.2, 0) is 4.79 Å². The van der Waals surface area contributed by atoms with Crippen LogP contribution in [0.2, 0.25) is 5.02 Å². The highest BCUT2D eigenvalue weighted by Gasteiger charge is 2.03. The lowest BCUT2D eigenvalue weighted by molar-refractivity contribution is -0.114. The maximum atomic E-state index is 11.9. The van der Waals surface area contributed by atoms with Crippen LogP contribution in [0.4, 0.5) is 11.4 Å². The standard InChI is InChI=1S/C16H17ClN2O2/c1-2-21-15-8-4-6-13(10-15)18-11-16(20)19-14-7-3-5-12(17)9-14/h3-10,18H,2,11H2,1H3,(H,19,20). The molecule has 5 heteroatoms. The first kappa shape index (κ1) is 15.2. The van der Waals surface area contributed by atoms with Crippen molar-refractivity contribution in [2.75, 3.05) is 23.8 Å². The number of nitrogens with one attached hydrogen (secondary N) is 2. The van der Waals surface area contributed by atoms with Crippen molar-refractivity contribution < 1.29 is 9.53 Å². The van der Waals surface area contributed by atoms with Gasteiger partial charge in [0.25, 0.3) is 0 Å². The summed E-state index contributed by atoms with van der Waals surface area (Å²) >= 11 is 5.87. The van der Waals surface area contributed by atoms with Gasteiger partial charge in [-0.1, -0.05) is 23.7 Å². The van der Waals surface area contributed by atoms with E-state index < -0.39 is 0 Å². The van der Waals surface area contributed by atoms with Crippen LogP contribution >= 0.6 is 11.6 Å². The topological polar surface area (TPSA) is 50.4 Å². The van der Waals surface area contributed by atoms with Gasteiger partial charge < -0.3 is 15.4 Å². The maximum absolute atomic E-state index is 11.9. The van der Waals surface area contributed by atoms with Gasteiger partial charge >= 0.3 is 0 Å². The Balaban J connectivity index is 1.87. The fourth-order valence-electron chi connectivity index (χ4n) is 1.82. The normalized spacial score (nSPS) is 10.0. The lowest BCUT2D eigenvalue weighted by atomic mass is 10.3. The van der Waals surface area contributed by atoms with E-state index in [0.717, 1.165) is 11.4 Å². The Kier molecular flexibility index (Phi) is 5.46. The van der Waals surface area contributed by atoms with Crippen molar-refractivity contribution in [3.8, 4) is 5.75 Å². The fourth-order valence-corrected chi connectivity index (χ4v) is 2.01. The Morgan fingerprint density at radius 2 is 1.90 bits per heavy atom. The van der Waals surface area contributed by atoms with Gasteiger partial charge in [0.1, 0.15) is 5.75 Å². The molecule has 2 rings (SSSR count). The van der Waals surface area contributed by atoms with Crippen molar-refractivity contribution in [2.45, 2.75) is 6.92 Å². The molecule has 0 saturated heterocycles. The van der Waals surface area contributed by atoms with Crippen LogP contribution in [0.25, 0.3) is 0 Å². The Bertz CT molecular complexity index is 617. The molecule has 4 nitrogen and oxygen atoms in total. The molecule has 0 aliphatic heterocycles. The smallest absolute Gasteiger partial charge is 0.243 e. The number of rotatable bonds is 6. The quantitative estimate of drug-likeness (QED) is 0.853. The predicted octanol–water partition coefficient (Wildman–Crippen LogP) is 3.79. The number of carbonyl (C=O) groups excluding carboxylic acids is 1. The highest BCUT2D eigenvalue weighted by molar-refractivity contribution is 6.30. The highest BCUT2D eigenvalue weighted by atomic mass is 35.5. The zero-order valence-corrected chi connectivity index (χ0v) is 12.5. The van der Waals surface area contributed by atoms with E-state index in [1.165, 1.54) is 0 Å². The number of carbonyl (C=O) groups is 1. The average Bonchev–Trinajstić information content (AvgIpc) is 2.46. The van der Waals surface area contributed by atoms with E-state index in [1.54, 1.807) is 24.3 Å². The number of halogens is 1. The second kappa shape index (κ2) is 7.55. The number of hydrogen-bond donors (Lipinski definition) is 2. The number of benzene rings is 2. The molecule has 0 radical (unpaired) electrons. The molecule has 0 saturated carbocycles. The molecule has 0 spiro atoms. The number of ether oxygens (including phenoxy) is 1. The van der Waals surface area contributed by atoms with E-state index in [0.29, 0.717) is 17.3 Å². The maximum Gasteiger partial charge on any atom is 0.243 e. The molecule has 21 heavy (non-hydrogen) atoms. The summed E-state index contributed by atoms with van der Waals surface area (Å²) in [6.45, 7) is 2.71. The van der Waals surface area contributed by atoms with Crippen LogP contribution in [0.15, 0.2) is 48.5 Å². The van der Waals surface area contributed by atoms with Crippen molar-refractivity contribution >= 4 is 28.9 Å². The summed E-state index contributed by atoms with van der Waals surface area (Å²) in [4.78, 5) is 11.9. The van der Waals surface area contributed by atoms with Crippen molar-refractivity contribution in [1.82, 2.24) is 0 Å². The summed E-state index contributed by atoms with van der Waals surface area (Å²) in [5.74, 6) is 0.636. The first-order valence-electron chi connectivity index (χ1n) is 6.69. The third-order valence-corrected chi connectivity index (χ3v) is 2.94. The number of hydrogen-bond acceptors (Lipinski definition) is 3. The molecule has 2 aromatic rings. The first-order valence-corrected chi connectivity index (χ1v) is 7.07. The Morgan fingerprint density at radius 1 is 1.14 bits per heavy atom. The summed E-state index contributed by atoms with van der Waals surface area (Å²) in [7, 11) is 0. The number of amides is 1. The molecule has 0 aliphatic carbocycles. The van der Waals surface area contributed by atoms with Crippen LogP contribution in [0.5, 0.6) is 5.75 Å². The zero-order chi connectivity index (χ0) is 15.1. The van der Waals surface area contributed by atoms with Gasteiger partial charge in [0.05, 0.1) is 13.2 Å². The van der Waals surface area contributed by atoms with Gasteiger partial charge in [0, 0.05) is 22.5 Å². The summed E-state index contributed by atoms with van der Waals surface area (Å²) in [5.41, 5.74) is 1.51. The third kappa shape index (κ3) is 5.00. The molecular formula is C16H17ClN2O2. The second-order valence-corrected chi connectivity index (χ2v) is 4.81. The Labute approximate surface area is 129 Å². The van der Waals surface area contributed by atoms with E-state index in [-0.39, 0.29) is 12.5 Å². The van der Waals surface area contributed by atoms with Crippen LogP contribution in [0.3, 0.4) is 0 Å². The van der Waals surface area contributed by atoms with Gasteiger partial charge in [-0.25, -0.2) is 0 Å². The molecule has 2 aromatic carbocycles. The minimum Gasteiger partial charge on any atom is -0.494 e. The molecule has 0 heterocycles. The van der Waals surface area contributed by atoms with E-state index in [2.05, 4.69) is 10.6 Å². The van der Waals surface area contributed by atoms with Crippen LogP contribution < -0.4 is 15.4 Å². The largest absolute Gasteiger partial charge is 0.494 e. The van der Waals surface area contributed by atoms with Gasteiger partial charge in [-0.15, -0.1) is 0 Å². The van der Waals surface area contributed by atoms with Crippen LogP contribution in [-0.4, -0.2) is 19.1 Å². The van der Waals surface area contributed by atoms with E-state index in [9.17, 15) is 4.79 Å².